The minimum atomic E-state index is -4.42. The van der Waals surface area contributed by atoms with Crippen LogP contribution >= 0.6 is 11.8 Å². The molecule has 0 radical (unpaired) electrons. The van der Waals surface area contributed by atoms with Crippen LogP contribution in [0.3, 0.4) is 0 Å². The van der Waals surface area contributed by atoms with Crippen molar-refractivity contribution in [2.24, 2.45) is 0 Å². The molecule has 3 amide bonds. The average molecular weight is 515 g/mol. The number of halogens is 3. The SMILES string of the molecule is CC1(Cc2cc(N3CCCCC3)nc3ccccc23)NC(=O)N(c2ccc(SC(F)(F)F)cc2)C1=O. The summed E-state index contributed by atoms with van der Waals surface area (Å²) < 4.78 is 38.0. The number of carbonyl (C=O) groups is 2. The number of aromatic nitrogens is 1. The number of hydrogen-bond donors (Lipinski definition) is 1. The second-order valence-electron chi connectivity index (χ2n) is 9.33. The Kier molecular flexibility index (Phi) is 6.32. The van der Waals surface area contributed by atoms with Crippen LogP contribution in [0, 0.1) is 0 Å². The van der Waals surface area contributed by atoms with Crippen molar-refractivity contribution in [3.05, 3.63) is 60.2 Å². The molecule has 2 fully saturated rings. The highest BCUT2D eigenvalue weighted by Gasteiger charge is 2.48. The van der Waals surface area contributed by atoms with Crippen LogP contribution in [0.15, 0.2) is 59.5 Å². The first kappa shape index (κ1) is 24.4. The van der Waals surface area contributed by atoms with Crippen molar-refractivity contribution in [3.63, 3.8) is 0 Å². The van der Waals surface area contributed by atoms with E-state index in [9.17, 15) is 22.8 Å². The molecule has 1 atom stereocenters. The number of urea groups is 1. The van der Waals surface area contributed by atoms with Gasteiger partial charge in [-0.05, 0) is 79.9 Å². The van der Waals surface area contributed by atoms with Gasteiger partial charge < -0.3 is 10.2 Å². The molecule has 2 aromatic carbocycles. The van der Waals surface area contributed by atoms with Crippen LogP contribution in [0.5, 0.6) is 0 Å². The molecule has 3 aromatic rings. The number of nitrogens with one attached hydrogen (secondary N) is 1. The second-order valence-corrected chi connectivity index (χ2v) is 10.5. The molecule has 10 heteroatoms. The van der Waals surface area contributed by atoms with Crippen molar-refractivity contribution in [1.82, 2.24) is 10.3 Å². The number of imide groups is 1. The number of nitrogens with zero attached hydrogens (tertiary/aromatic N) is 3. The molecule has 1 unspecified atom stereocenters. The summed E-state index contributed by atoms with van der Waals surface area (Å²) in [5.74, 6) is 0.405. The molecular formula is C26H25F3N4O2S. The van der Waals surface area contributed by atoms with Crippen LogP contribution in [-0.2, 0) is 11.2 Å². The van der Waals surface area contributed by atoms with E-state index in [0.717, 1.165) is 53.1 Å². The number of carbonyl (C=O) groups excluding carboxylic acids is 2. The normalized spacial score (nSPS) is 20.8. The maximum absolute atomic E-state index is 13.5. The number of hydrogen-bond acceptors (Lipinski definition) is 5. The lowest BCUT2D eigenvalue weighted by atomic mass is 9.90. The summed E-state index contributed by atoms with van der Waals surface area (Å²) in [7, 11) is 0. The minimum absolute atomic E-state index is 0.0189. The Labute approximate surface area is 210 Å². The Morgan fingerprint density at radius 1 is 1.03 bits per heavy atom. The third kappa shape index (κ3) is 4.86. The van der Waals surface area contributed by atoms with E-state index in [2.05, 4.69) is 10.2 Å². The summed E-state index contributed by atoms with van der Waals surface area (Å²) in [5, 5.41) is 3.72. The number of alkyl halides is 3. The molecule has 36 heavy (non-hydrogen) atoms. The van der Waals surface area contributed by atoms with Crippen molar-refractivity contribution < 1.29 is 22.8 Å². The maximum atomic E-state index is 13.5. The first-order valence-corrected chi connectivity index (χ1v) is 12.6. The van der Waals surface area contributed by atoms with Crippen molar-refractivity contribution in [1.29, 1.82) is 0 Å². The van der Waals surface area contributed by atoms with E-state index in [1.54, 1.807) is 6.92 Å². The van der Waals surface area contributed by atoms with Gasteiger partial charge in [0.2, 0.25) is 0 Å². The minimum Gasteiger partial charge on any atom is -0.357 e. The van der Waals surface area contributed by atoms with E-state index in [4.69, 9.17) is 4.98 Å². The van der Waals surface area contributed by atoms with E-state index in [1.165, 1.54) is 30.7 Å². The molecule has 5 rings (SSSR count). The quantitative estimate of drug-likeness (QED) is 0.340. The van der Waals surface area contributed by atoms with Gasteiger partial charge in [-0.15, -0.1) is 0 Å². The number of benzene rings is 2. The lowest BCUT2D eigenvalue weighted by Gasteiger charge is -2.29. The molecule has 188 valence electrons. The Morgan fingerprint density at radius 3 is 2.42 bits per heavy atom. The maximum Gasteiger partial charge on any atom is 0.446 e. The highest BCUT2D eigenvalue weighted by Crippen LogP contribution is 2.38. The van der Waals surface area contributed by atoms with Gasteiger partial charge in [0.05, 0.1) is 11.2 Å². The largest absolute Gasteiger partial charge is 0.446 e. The average Bonchev–Trinajstić information content (AvgIpc) is 3.06. The zero-order valence-corrected chi connectivity index (χ0v) is 20.5. The molecule has 6 nitrogen and oxygen atoms in total. The van der Waals surface area contributed by atoms with E-state index >= 15 is 0 Å². The summed E-state index contributed by atoms with van der Waals surface area (Å²) in [6.45, 7) is 3.53. The molecule has 1 N–H and O–H groups in total. The molecular weight excluding hydrogens is 489 g/mol. The van der Waals surface area contributed by atoms with Gasteiger partial charge in [0.1, 0.15) is 11.4 Å². The van der Waals surface area contributed by atoms with Gasteiger partial charge in [-0.1, -0.05) is 18.2 Å². The predicted molar refractivity (Wildman–Crippen MR) is 134 cm³/mol. The molecule has 1 aromatic heterocycles. The number of fused-ring (bicyclic) bond motifs is 1. The number of amides is 3. The Balaban J connectivity index is 1.44. The van der Waals surface area contributed by atoms with Gasteiger partial charge >= 0.3 is 11.5 Å². The van der Waals surface area contributed by atoms with Crippen molar-refractivity contribution in [2.45, 2.75) is 48.5 Å². The monoisotopic (exact) mass is 514 g/mol. The molecule has 0 spiro atoms. The third-order valence-electron chi connectivity index (χ3n) is 6.60. The number of anilines is 2. The van der Waals surface area contributed by atoms with Crippen LogP contribution in [0.2, 0.25) is 0 Å². The zero-order valence-electron chi connectivity index (χ0n) is 19.6. The topological polar surface area (TPSA) is 65.5 Å². The number of piperidine rings is 1. The van der Waals surface area contributed by atoms with Crippen molar-refractivity contribution >= 4 is 46.1 Å². The van der Waals surface area contributed by atoms with Crippen LogP contribution < -0.4 is 15.1 Å². The van der Waals surface area contributed by atoms with Gasteiger partial charge in [0.15, 0.2) is 0 Å². The predicted octanol–water partition coefficient (Wildman–Crippen LogP) is 5.89. The molecule has 3 heterocycles. The van der Waals surface area contributed by atoms with Crippen LogP contribution in [-0.4, -0.2) is 41.1 Å². The smallest absolute Gasteiger partial charge is 0.357 e. The van der Waals surface area contributed by atoms with Gasteiger partial charge in [0, 0.05) is 29.8 Å². The fraction of sp³-hybridized carbons (Fsp3) is 0.346. The van der Waals surface area contributed by atoms with Crippen LogP contribution in [0.4, 0.5) is 29.5 Å². The van der Waals surface area contributed by atoms with Gasteiger partial charge in [-0.2, -0.15) is 13.2 Å². The van der Waals surface area contributed by atoms with E-state index in [0.29, 0.717) is 0 Å². The first-order chi connectivity index (χ1) is 17.1. The first-order valence-electron chi connectivity index (χ1n) is 11.8. The molecule has 2 aliphatic rings. The number of thioether (sulfide) groups is 1. The highest BCUT2D eigenvalue weighted by molar-refractivity contribution is 8.00. The number of para-hydroxylation sites is 1. The number of rotatable bonds is 5. The molecule has 2 aliphatic heterocycles. The summed E-state index contributed by atoms with van der Waals surface area (Å²) in [4.78, 5) is 34.5. The lowest BCUT2D eigenvalue weighted by Crippen LogP contribution is -2.46. The molecule has 0 bridgehead atoms. The third-order valence-corrected chi connectivity index (χ3v) is 7.34. The Hall–Kier alpha value is -3.27. The highest BCUT2D eigenvalue weighted by atomic mass is 32.2. The van der Waals surface area contributed by atoms with Gasteiger partial charge in [-0.3, -0.25) is 4.79 Å². The number of pyridine rings is 1. The van der Waals surface area contributed by atoms with E-state index in [-0.39, 0.29) is 28.8 Å². The fourth-order valence-corrected chi connectivity index (χ4v) is 5.42. The lowest BCUT2D eigenvalue weighted by molar-refractivity contribution is -0.121. The molecule has 2 saturated heterocycles. The van der Waals surface area contributed by atoms with Crippen LogP contribution in [0.1, 0.15) is 31.7 Å². The van der Waals surface area contributed by atoms with Gasteiger partial charge in [-0.25, -0.2) is 14.7 Å². The summed E-state index contributed by atoms with van der Waals surface area (Å²) in [6, 6.07) is 14.4. The standard InChI is InChI=1S/C26H25F3N4O2S/c1-25(23(34)33(24(35)31-25)18-9-11-19(12-10-18)36-26(27,28)29)16-17-15-22(32-13-5-2-6-14-32)30-21-8-4-3-7-20(17)21/h3-4,7-12,15H,2,5-6,13-14,16H2,1H3,(H,31,35). The Bertz CT molecular complexity index is 1310. The Morgan fingerprint density at radius 2 is 1.72 bits per heavy atom. The summed E-state index contributed by atoms with van der Waals surface area (Å²) >= 11 is -0.245. The van der Waals surface area contributed by atoms with Crippen LogP contribution in [0.25, 0.3) is 10.9 Å². The van der Waals surface area contributed by atoms with E-state index in [1.807, 2.05) is 30.3 Å². The summed E-state index contributed by atoms with van der Waals surface area (Å²) in [6.07, 6.45) is 3.65. The van der Waals surface area contributed by atoms with Gasteiger partial charge in [0.25, 0.3) is 5.91 Å². The molecule has 0 aliphatic carbocycles. The van der Waals surface area contributed by atoms with Crippen molar-refractivity contribution in [3.8, 4) is 0 Å². The second kappa shape index (κ2) is 9.31. The van der Waals surface area contributed by atoms with Crippen molar-refractivity contribution in [2.75, 3.05) is 22.9 Å². The zero-order chi connectivity index (χ0) is 25.5. The fourth-order valence-electron chi connectivity index (χ4n) is 4.88. The molecule has 0 saturated carbocycles. The van der Waals surface area contributed by atoms with E-state index < -0.39 is 23.0 Å². The summed E-state index contributed by atoms with van der Waals surface area (Å²) in [5.41, 5.74) is -3.69.